The Morgan fingerprint density at radius 3 is 2.67 bits per heavy atom. The van der Waals surface area contributed by atoms with Gasteiger partial charge in [0.15, 0.2) is 0 Å². The van der Waals surface area contributed by atoms with Gasteiger partial charge in [-0.1, -0.05) is 0 Å². The summed E-state index contributed by atoms with van der Waals surface area (Å²) in [4.78, 5) is 1.93. The highest BCUT2D eigenvalue weighted by molar-refractivity contribution is 5.55. The molecule has 1 heterocycles. The van der Waals surface area contributed by atoms with Crippen LogP contribution in [0.1, 0.15) is 0 Å². The predicted octanol–water partition coefficient (Wildman–Crippen LogP) is 1.46. The van der Waals surface area contributed by atoms with Gasteiger partial charge >= 0.3 is 0 Å². The van der Waals surface area contributed by atoms with Crippen molar-refractivity contribution in [3.05, 3.63) is 24.0 Å². The molecule has 1 aromatic rings. The number of morpholine rings is 1. The zero-order valence-electron chi connectivity index (χ0n) is 8.24. The van der Waals surface area contributed by atoms with Crippen molar-refractivity contribution < 1.29 is 14.3 Å². The van der Waals surface area contributed by atoms with E-state index in [-0.39, 0.29) is 5.82 Å². The van der Waals surface area contributed by atoms with E-state index in [1.54, 1.807) is 12.1 Å². The molecule has 2 N–H and O–H groups in total. The molecule has 15 heavy (non-hydrogen) atoms. The number of hydrogen-bond donors (Lipinski definition) is 2. The highest BCUT2D eigenvalue weighted by atomic mass is 19.1. The molecule has 0 amide bonds. The number of nitrogens with zero attached hydrogens (tertiary/aromatic N) is 1. The van der Waals surface area contributed by atoms with Crippen LogP contribution in [0.5, 0.6) is 0 Å². The largest absolute Gasteiger partial charge is 0.378 e. The van der Waals surface area contributed by atoms with Crippen molar-refractivity contribution in [1.82, 2.24) is 0 Å². The van der Waals surface area contributed by atoms with Gasteiger partial charge in [-0.25, -0.2) is 4.39 Å². The number of rotatable bonds is 2. The highest BCUT2D eigenvalue weighted by Gasteiger charge is 2.14. The lowest BCUT2D eigenvalue weighted by atomic mass is 10.2. The van der Waals surface area contributed by atoms with Gasteiger partial charge in [0.05, 0.1) is 24.6 Å². The fraction of sp³-hybridized carbons (Fsp3) is 0.400. The van der Waals surface area contributed by atoms with Crippen LogP contribution in [0.2, 0.25) is 0 Å². The number of nitrogens with one attached hydrogen (secondary N) is 1. The number of anilines is 2. The Bertz CT molecular complexity index is 340. The quantitative estimate of drug-likeness (QED) is 0.728. The van der Waals surface area contributed by atoms with E-state index in [1.807, 2.05) is 10.4 Å². The molecule has 82 valence electrons. The van der Waals surface area contributed by atoms with Crippen LogP contribution in [-0.2, 0) is 4.74 Å². The van der Waals surface area contributed by atoms with Crippen LogP contribution in [0.25, 0.3) is 0 Å². The van der Waals surface area contributed by atoms with Gasteiger partial charge in [-0.3, -0.25) is 10.7 Å². The van der Waals surface area contributed by atoms with Gasteiger partial charge in [0.2, 0.25) is 0 Å². The van der Waals surface area contributed by atoms with Crippen LogP contribution in [0.4, 0.5) is 15.8 Å². The van der Waals surface area contributed by atoms with Gasteiger partial charge in [-0.2, -0.15) is 0 Å². The minimum absolute atomic E-state index is 0.337. The summed E-state index contributed by atoms with van der Waals surface area (Å²) >= 11 is 0. The first kappa shape index (κ1) is 10.2. The Labute approximate surface area is 87.2 Å². The molecule has 2 rings (SSSR count). The molecule has 0 aromatic heterocycles. The van der Waals surface area contributed by atoms with Crippen molar-refractivity contribution in [2.75, 3.05) is 36.7 Å². The van der Waals surface area contributed by atoms with Crippen molar-refractivity contribution >= 4 is 11.4 Å². The molecule has 1 saturated heterocycles. The number of benzene rings is 1. The Hall–Kier alpha value is -1.33. The van der Waals surface area contributed by atoms with Crippen LogP contribution >= 0.6 is 0 Å². The fourth-order valence-corrected chi connectivity index (χ4v) is 1.64. The lowest BCUT2D eigenvalue weighted by Gasteiger charge is -2.29. The molecule has 0 radical (unpaired) electrons. The van der Waals surface area contributed by atoms with Crippen molar-refractivity contribution in [2.45, 2.75) is 0 Å². The van der Waals surface area contributed by atoms with E-state index in [9.17, 15) is 4.39 Å². The van der Waals surface area contributed by atoms with Gasteiger partial charge in [0, 0.05) is 19.2 Å². The Morgan fingerprint density at radius 2 is 2.07 bits per heavy atom. The van der Waals surface area contributed by atoms with Gasteiger partial charge in [-0.15, -0.1) is 0 Å². The standard InChI is InChI=1S/C10H13FN2O2/c11-9-7-8(12-14)1-2-10(9)13-3-5-15-6-4-13/h1-2,7,12,14H,3-6H2. The van der Waals surface area contributed by atoms with Gasteiger partial charge in [0.25, 0.3) is 0 Å². The van der Waals surface area contributed by atoms with E-state index in [0.29, 0.717) is 37.7 Å². The van der Waals surface area contributed by atoms with Gasteiger partial charge in [-0.05, 0) is 12.1 Å². The lowest BCUT2D eigenvalue weighted by molar-refractivity contribution is 0.122. The van der Waals surface area contributed by atoms with E-state index in [2.05, 4.69) is 0 Å². The summed E-state index contributed by atoms with van der Waals surface area (Å²) in [5.74, 6) is -0.337. The third-order valence-electron chi connectivity index (χ3n) is 2.43. The first-order chi connectivity index (χ1) is 7.31. The summed E-state index contributed by atoms with van der Waals surface area (Å²) in [7, 11) is 0. The number of ether oxygens (including phenoxy) is 1. The monoisotopic (exact) mass is 212 g/mol. The summed E-state index contributed by atoms with van der Waals surface area (Å²) in [5.41, 5.74) is 2.82. The highest BCUT2D eigenvalue weighted by Crippen LogP contribution is 2.23. The molecule has 0 aliphatic carbocycles. The molecule has 1 aromatic carbocycles. The molecular weight excluding hydrogens is 199 g/mol. The minimum Gasteiger partial charge on any atom is -0.378 e. The molecule has 0 bridgehead atoms. The SMILES string of the molecule is ONc1ccc(N2CCOCC2)c(F)c1. The summed E-state index contributed by atoms with van der Waals surface area (Å²) in [6.45, 7) is 2.64. The maximum atomic E-state index is 13.6. The molecule has 1 aliphatic heterocycles. The zero-order chi connectivity index (χ0) is 10.7. The summed E-state index contributed by atoms with van der Waals surface area (Å²) in [5, 5.41) is 8.61. The fourth-order valence-electron chi connectivity index (χ4n) is 1.64. The van der Waals surface area contributed by atoms with E-state index in [4.69, 9.17) is 9.94 Å². The second-order valence-electron chi connectivity index (χ2n) is 3.38. The van der Waals surface area contributed by atoms with Crippen molar-refractivity contribution in [3.8, 4) is 0 Å². The first-order valence-corrected chi connectivity index (χ1v) is 4.83. The van der Waals surface area contributed by atoms with Crippen molar-refractivity contribution in [2.24, 2.45) is 0 Å². The average Bonchev–Trinajstić information content (AvgIpc) is 2.30. The summed E-state index contributed by atoms with van der Waals surface area (Å²) < 4.78 is 18.8. The van der Waals surface area contributed by atoms with Gasteiger partial charge in [0.1, 0.15) is 5.82 Å². The number of halogens is 1. The first-order valence-electron chi connectivity index (χ1n) is 4.83. The molecule has 5 heteroatoms. The topological polar surface area (TPSA) is 44.7 Å². The molecule has 4 nitrogen and oxygen atoms in total. The Morgan fingerprint density at radius 1 is 1.33 bits per heavy atom. The Kier molecular flexibility index (Phi) is 3.03. The summed E-state index contributed by atoms with van der Waals surface area (Å²) in [6.07, 6.45) is 0. The molecule has 1 fully saturated rings. The van der Waals surface area contributed by atoms with E-state index < -0.39 is 0 Å². The molecule has 0 spiro atoms. The Balaban J connectivity index is 2.19. The van der Waals surface area contributed by atoms with Crippen molar-refractivity contribution in [3.63, 3.8) is 0 Å². The van der Waals surface area contributed by atoms with Crippen LogP contribution < -0.4 is 10.4 Å². The maximum absolute atomic E-state index is 13.6. The number of hydrogen-bond acceptors (Lipinski definition) is 4. The predicted molar refractivity (Wildman–Crippen MR) is 54.8 cm³/mol. The van der Waals surface area contributed by atoms with E-state index in [1.165, 1.54) is 6.07 Å². The molecule has 1 aliphatic rings. The van der Waals surface area contributed by atoms with E-state index in [0.717, 1.165) is 0 Å². The zero-order valence-corrected chi connectivity index (χ0v) is 8.24. The van der Waals surface area contributed by atoms with E-state index >= 15 is 0 Å². The molecular formula is C10H13FN2O2. The van der Waals surface area contributed by atoms with Crippen LogP contribution in [0.15, 0.2) is 18.2 Å². The second-order valence-corrected chi connectivity index (χ2v) is 3.38. The normalized spacial score (nSPS) is 16.5. The summed E-state index contributed by atoms with van der Waals surface area (Å²) in [6, 6.07) is 4.55. The maximum Gasteiger partial charge on any atom is 0.148 e. The second kappa shape index (κ2) is 4.46. The smallest absolute Gasteiger partial charge is 0.148 e. The third-order valence-corrected chi connectivity index (χ3v) is 2.43. The van der Waals surface area contributed by atoms with Crippen LogP contribution in [-0.4, -0.2) is 31.5 Å². The third kappa shape index (κ3) is 2.19. The average molecular weight is 212 g/mol. The molecule has 0 atom stereocenters. The lowest BCUT2D eigenvalue weighted by Crippen LogP contribution is -2.36. The molecule has 0 saturated carbocycles. The van der Waals surface area contributed by atoms with Crippen LogP contribution in [0.3, 0.4) is 0 Å². The van der Waals surface area contributed by atoms with Gasteiger partial charge < -0.3 is 9.64 Å². The van der Waals surface area contributed by atoms with Crippen LogP contribution in [0, 0.1) is 5.82 Å². The minimum atomic E-state index is -0.337. The van der Waals surface area contributed by atoms with Crippen molar-refractivity contribution in [1.29, 1.82) is 0 Å². The molecule has 0 unspecified atom stereocenters.